The highest BCUT2D eigenvalue weighted by Crippen LogP contribution is 2.44. The van der Waals surface area contributed by atoms with E-state index in [0.717, 1.165) is 18.8 Å². The molecule has 2 saturated carbocycles. The number of carbonyl (C=O) groups is 2. The maximum Gasteiger partial charge on any atom is 0.248 e. The van der Waals surface area contributed by atoms with Crippen molar-refractivity contribution in [1.29, 1.82) is 0 Å². The SMILES string of the molecule is NC(=O)c1cccc(NC(=O)C2CCCC3CCCCC32)c1. The number of fused-ring (bicyclic) bond motifs is 1. The van der Waals surface area contributed by atoms with Gasteiger partial charge in [0.2, 0.25) is 11.8 Å². The molecule has 2 aliphatic rings. The van der Waals surface area contributed by atoms with Gasteiger partial charge in [0.15, 0.2) is 0 Å². The summed E-state index contributed by atoms with van der Waals surface area (Å²) in [6.07, 6.45) is 8.46. The highest BCUT2D eigenvalue weighted by Gasteiger charge is 2.38. The molecule has 0 saturated heterocycles. The lowest BCUT2D eigenvalue weighted by Gasteiger charge is -2.40. The first kappa shape index (κ1) is 15.1. The molecule has 0 aromatic heterocycles. The molecule has 2 aliphatic carbocycles. The molecule has 0 bridgehead atoms. The van der Waals surface area contributed by atoms with Gasteiger partial charge < -0.3 is 11.1 Å². The number of anilines is 1. The van der Waals surface area contributed by atoms with Gasteiger partial charge in [-0.1, -0.05) is 38.2 Å². The van der Waals surface area contributed by atoms with E-state index in [1.54, 1.807) is 18.2 Å². The van der Waals surface area contributed by atoms with Crippen molar-refractivity contribution >= 4 is 17.5 Å². The van der Waals surface area contributed by atoms with E-state index in [0.29, 0.717) is 17.2 Å². The van der Waals surface area contributed by atoms with E-state index < -0.39 is 5.91 Å². The summed E-state index contributed by atoms with van der Waals surface area (Å²) < 4.78 is 0. The molecule has 3 atom stereocenters. The Balaban J connectivity index is 1.70. The van der Waals surface area contributed by atoms with Crippen LogP contribution in [0.4, 0.5) is 5.69 Å². The van der Waals surface area contributed by atoms with Crippen molar-refractivity contribution in [1.82, 2.24) is 0 Å². The predicted molar refractivity (Wildman–Crippen MR) is 86.4 cm³/mol. The van der Waals surface area contributed by atoms with Gasteiger partial charge in [-0.3, -0.25) is 9.59 Å². The first-order chi connectivity index (χ1) is 10.6. The van der Waals surface area contributed by atoms with Crippen molar-refractivity contribution in [2.75, 3.05) is 5.32 Å². The molecule has 3 unspecified atom stereocenters. The van der Waals surface area contributed by atoms with E-state index in [-0.39, 0.29) is 11.8 Å². The zero-order valence-corrected chi connectivity index (χ0v) is 12.9. The molecule has 3 rings (SSSR count). The van der Waals surface area contributed by atoms with Gasteiger partial charge in [0.1, 0.15) is 0 Å². The second kappa shape index (κ2) is 6.51. The molecule has 1 aromatic carbocycles. The molecular formula is C18H24N2O2. The third kappa shape index (κ3) is 3.16. The molecule has 0 radical (unpaired) electrons. The van der Waals surface area contributed by atoms with Crippen LogP contribution in [0.25, 0.3) is 0 Å². The van der Waals surface area contributed by atoms with Gasteiger partial charge in [-0.15, -0.1) is 0 Å². The van der Waals surface area contributed by atoms with Crippen LogP contribution in [-0.4, -0.2) is 11.8 Å². The van der Waals surface area contributed by atoms with Gasteiger partial charge in [0.05, 0.1) is 0 Å². The average molecular weight is 300 g/mol. The first-order valence-electron chi connectivity index (χ1n) is 8.36. The van der Waals surface area contributed by atoms with Crippen LogP contribution < -0.4 is 11.1 Å². The number of primary amides is 1. The van der Waals surface area contributed by atoms with Crippen LogP contribution in [0, 0.1) is 17.8 Å². The van der Waals surface area contributed by atoms with Crippen LogP contribution in [0.15, 0.2) is 24.3 Å². The summed E-state index contributed by atoms with van der Waals surface area (Å²) in [5, 5.41) is 2.99. The minimum Gasteiger partial charge on any atom is -0.366 e. The average Bonchev–Trinajstić information content (AvgIpc) is 2.54. The zero-order chi connectivity index (χ0) is 15.5. The molecule has 1 aromatic rings. The highest BCUT2D eigenvalue weighted by molar-refractivity contribution is 5.97. The fourth-order valence-electron chi connectivity index (χ4n) is 4.25. The molecule has 0 heterocycles. The van der Waals surface area contributed by atoms with Crippen molar-refractivity contribution in [3.05, 3.63) is 29.8 Å². The number of amides is 2. The van der Waals surface area contributed by atoms with Crippen molar-refractivity contribution in [2.45, 2.75) is 44.9 Å². The Morgan fingerprint density at radius 3 is 2.64 bits per heavy atom. The van der Waals surface area contributed by atoms with Crippen molar-refractivity contribution in [3.63, 3.8) is 0 Å². The summed E-state index contributed by atoms with van der Waals surface area (Å²) in [7, 11) is 0. The minimum atomic E-state index is -0.471. The van der Waals surface area contributed by atoms with E-state index >= 15 is 0 Å². The van der Waals surface area contributed by atoms with Gasteiger partial charge in [-0.05, 0) is 42.9 Å². The lowest BCUT2D eigenvalue weighted by molar-refractivity contribution is -0.124. The zero-order valence-electron chi connectivity index (χ0n) is 12.9. The Morgan fingerprint density at radius 1 is 1.05 bits per heavy atom. The molecule has 118 valence electrons. The number of nitrogens with one attached hydrogen (secondary N) is 1. The molecule has 0 aliphatic heterocycles. The molecule has 3 N–H and O–H groups in total. The summed E-state index contributed by atoms with van der Waals surface area (Å²) in [6, 6.07) is 6.88. The van der Waals surface area contributed by atoms with Gasteiger partial charge in [0.25, 0.3) is 0 Å². The van der Waals surface area contributed by atoms with Crippen molar-refractivity contribution < 1.29 is 9.59 Å². The van der Waals surface area contributed by atoms with Gasteiger partial charge >= 0.3 is 0 Å². The van der Waals surface area contributed by atoms with Crippen LogP contribution in [0.2, 0.25) is 0 Å². The highest BCUT2D eigenvalue weighted by atomic mass is 16.2. The number of benzene rings is 1. The summed E-state index contributed by atoms with van der Waals surface area (Å²) in [5.74, 6) is 1.03. The molecule has 2 amide bonds. The maximum atomic E-state index is 12.7. The topological polar surface area (TPSA) is 72.2 Å². The molecule has 22 heavy (non-hydrogen) atoms. The number of hydrogen-bond donors (Lipinski definition) is 2. The quantitative estimate of drug-likeness (QED) is 0.898. The fourth-order valence-corrected chi connectivity index (χ4v) is 4.25. The van der Waals surface area contributed by atoms with Crippen LogP contribution >= 0.6 is 0 Å². The smallest absolute Gasteiger partial charge is 0.248 e. The predicted octanol–water partition coefficient (Wildman–Crippen LogP) is 3.33. The van der Waals surface area contributed by atoms with Crippen LogP contribution in [0.3, 0.4) is 0 Å². The number of nitrogens with two attached hydrogens (primary N) is 1. The third-order valence-corrected chi connectivity index (χ3v) is 5.33. The summed E-state index contributed by atoms with van der Waals surface area (Å²) in [4.78, 5) is 23.9. The lowest BCUT2D eigenvalue weighted by atomic mass is 9.65. The van der Waals surface area contributed by atoms with E-state index in [2.05, 4.69) is 5.32 Å². The Labute approximate surface area is 131 Å². The van der Waals surface area contributed by atoms with Crippen LogP contribution in [-0.2, 0) is 4.79 Å². The Bertz CT molecular complexity index is 568. The largest absolute Gasteiger partial charge is 0.366 e. The van der Waals surface area contributed by atoms with Crippen LogP contribution in [0.1, 0.15) is 55.3 Å². The van der Waals surface area contributed by atoms with Crippen molar-refractivity contribution in [3.8, 4) is 0 Å². The Hall–Kier alpha value is -1.84. The lowest BCUT2D eigenvalue weighted by Crippen LogP contribution is -2.38. The Kier molecular flexibility index (Phi) is 4.46. The number of rotatable bonds is 3. The summed E-state index contributed by atoms with van der Waals surface area (Å²) >= 11 is 0. The van der Waals surface area contributed by atoms with Gasteiger partial charge in [-0.2, -0.15) is 0 Å². The second-order valence-electron chi connectivity index (χ2n) is 6.68. The Morgan fingerprint density at radius 2 is 1.82 bits per heavy atom. The van der Waals surface area contributed by atoms with E-state index in [4.69, 9.17) is 5.73 Å². The summed E-state index contributed by atoms with van der Waals surface area (Å²) in [5.41, 5.74) is 6.39. The molecular weight excluding hydrogens is 276 g/mol. The molecule has 0 spiro atoms. The standard InChI is InChI=1S/C18H24N2O2/c19-17(21)13-7-3-8-14(11-13)20-18(22)16-10-4-6-12-5-1-2-9-15(12)16/h3,7-8,11-12,15-16H,1-2,4-6,9-10H2,(H2,19,21)(H,20,22). The molecule has 2 fully saturated rings. The third-order valence-electron chi connectivity index (χ3n) is 5.33. The fraction of sp³-hybridized carbons (Fsp3) is 0.556. The number of hydrogen-bond acceptors (Lipinski definition) is 2. The van der Waals surface area contributed by atoms with Crippen LogP contribution in [0.5, 0.6) is 0 Å². The maximum absolute atomic E-state index is 12.7. The van der Waals surface area contributed by atoms with Gasteiger partial charge in [0, 0.05) is 17.2 Å². The molecule has 4 nitrogen and oxygen atoms in total. The summed E-state index contributed by atoms with van der Waals surface area (Å²) in [6.45, 7) is 0. The second-order valence-corrected chi connectivity index (χ2v) is 6.68. The monoisotopic (exact) mass is 300 g/mol. The van der Waals surface area contributed by atoms with E-state index in [1.807, 2.05) is 6.07 Å². The number of carbonyl (C=O) groups excluding carboxylic acids is 2. The van der Waals surface area contributed by atoms with Crippen molar-refractivity contribution in [2.24, 2.45) is 23.5 Å². The van der Waals surface area contributed by atoms with E-state index in [9.17, 15) is 9.59 Å². The first-order valence-corrected chi connectivity index (χ1v) is 8.36. The molecule has 4 heteroatoms. The van der Waals surface area contributed by atoms with Gasteiger partial charge in [-0.25, -0.2) is 0 Å². The normalized spacial score (nSPS) is 27.7. The minimum absolute atomic E-state index is 0.109. The van der Waals surface area contributed by atoms with E-state index in [1.165, 1.54) is 32.1 Å².